The molecule has 0 rings (SSSR count). The van der Waals surface area contributed by atoms with Crippen LogP contribution in [0, 0.1) is 6.92 Å². The largest absolute Gasteiger partial charge is 0.344 e. The molecule has 0 bridgehead atoms. The maximum Gasteiger partial charge on any atom is -0.00672 e. The highest BCUT2D eigenvalue weighted by Gasteiger charge is 1.94. The molecule has 0 atom stereocenters. The van der Waals surface area contributed by atoms with E-state index in [1.807, 2.05) is 11.8 Å². The van der Waals surface area contributed by atoms with Crippen molar-refractivity contribution in [1.29, 1.82) is 0 Å². The highest BCUT2D eigenvalue weighted by atomic mass is 32.2. The number of hydrogen-bond donors (Lipinski definition) is 1. The van der Waals surface area contributed by atoms with Gasteiger partial charge in [-0.15, -0.1) is 0 Å². The molecular weight excluding hydrogens is 274 g/mol. The molecule has 0 spiro atoms. The molecule has 21 heavy (non-hydrogen) atoms. The Morgan fingerprint density at radius 2 is 0.905 bits per heavy atom. The third-order valence-electron chi connectivity index (χ3n) is 4.04. The second-order valence-corrected chi connectivity index (χ2v) is 7.29. The van der Waals surface area contributed by atoms with Crippen LogP contribution in [0.25, 0.3) is 0 Å². The first-order valence-electron chi connectivity index (χ1n) is 9.28. The topological polar surface area (TPSA) is 35.0 Å². The van der Waals surface area contributed by atoms with Gasteiger partial charge in [-0.3, -0.25) is 0 Å². The Morgan fingerprint density at radius 1 is 0.571 bits per heavy atom. The molecule has 2 heteroatoms. The smallest absolute Gasteiger partial charge is 0.00672 e. The quantitative estimate of drug-likeness (QED) is 0.280. The van der Waals surface area contributed by atoms with E-state index in [-0.39, 0.29) is 6.15 Å². The van der Waals surface area contributed by atoms with Crippen molar-refractivity contribution in [2.45, 2.75) is 103 Å². The molecule has 1 nitrogen and oxygen atoms in total. The standard InChI is InChI=1S/C19H39S.H3N/c1-3-5-6-7-8-9-10-11-12-13-14-15-16-17-18-19-20-4-2;/h2-19H2,1H3;1H3. The van der Waals surface area contributed by atoms with Crippen LogP contribution < -0.4 is 6.15 Å². The highest BCUT2D eigenvalue weighted by molar-refractivity contribution is 7.99. The molecule has 0 aliphatic heterocycles. The summed E-state index contributed by atoms with van der Waals surface area (Å²) in [6.45, 7) is 6.15. The van der Waals surface area contributed by atoms with Gasteiger partial charge in [-0.2, -0.15) is 11.8 Å². The predicted molar refractivity (Wildman–Crippen MR) is 103 cm³/mol. The molecule has 0 unspecified atom stereocenters. The lowest BCUT2D eigenvalue weighted by molar-refractivity contribution is 0.535. The van der Waals surface area contributed by atoms with Crippen molar-refractivity contribution in [2.75, 3.05) is 11.5 Å². The second kappa shape index (κ2) is 22.6. The van der Waals surface area contributed by atoms with Gasteiger partial charge in [-0.25, -0.2) is 0 Å². The van der Waals surface area contributed by atoms with Crippen LogP contribution in [-0.2, 0) is 0 Å². The van der Waals surface area contributed by atoms with Crippen LogP contribution in [-0.4, -0.2) is 11.5 Å². The summed E-state index contributed by atoms with van der Waals surface area (Å²) in [6.07, 6.45) is 21.8. The Balaban J connectivity index is 0. The van der Waals surface area contributed by atoms with E-state index < -0.39 is 0 Å². The zero-order chi connectivity index (χ0) is 14.7. The fourth-order valence-corrected chi connectivity index (χ4v) is 3.29. The Labute approximate surface area is 140 Å². The lowest BCUT2D eigenvalue weighted by atomic mass is 10.0. The summed E-state index contributed by atoms with van der Waals surface area (Å²) in [5.74, 6) is 2.36. The van der Waals surface area contributed by atoms with Crippen molar-refractivity contribution in [3.8, 4) is 0 Å². The van der Waals surface area contributed by atoms with E-state index in [0.717, 1.165) is 5.75 Å². The maximum absolute atomic E-state index is 3.86. The Kier molecular flexibility index (Phi) is 25.4. The molecule has 129 valence electrons. The van der Waals surface area contributed by atoms with Crippen LogP contribution in [0.3, 0.4) is 0 Å². The van der Waals surface area contributed by atoms with Gasteiger partial charge in [-0.05, 0) is 24.9 Å². The first-order chi connectivity index (χ1) is 9.91. The lowest BCUT2D eigenvalue weighted by Gasteiger charge is -2.03. The molecule has 0 fully saturated rings. The first kappa shape index (κ1) is 23.6. The number of unbranched alkanes of at least 4 members (excludes halogenated alkanes) is 14. The van der Waals surface area contributed by atoms with E-state index in [9.17, 15) is 0 Å². The van der Waals surface area contributed by atoms with Crippen molar-refractivity contribution in [3.63, 3.8) is 0 Å². The molecule has 0 aliphatic rings. The minimum atomic E-state index is 0. The van der Waals surface area contributed by atoms with Crippen molar-refractivity contribution in [2.24, 2.45) is 0 Å². The van der Waals surface area contributed by atoms with Crippen LogP contribution in [0.15, 0.2) is 0 Å². The van der Waals surface area contributed by atoms with Gasteiger partial charge in [0.25, 0.3) is 0 Å². The molecule has 0 heterocycles. The van der Waals surface area contributed by atoms with Gasteiger partial charge in [0.15, 0.2) is 0 Å². The van der Waals surface area contributed by atoms with E-state index in [2.05, 4.69) is 13.8 Å². The SMILES string of the molecule is N.[CH2]CSCCCCCCCCCCCCCCCCC. The highest BCUT2D eigenvalue weighted by Crippen LogP contribution is 2.13. The molecule has 0 amide bonds. The number of rotatable bonds is 17. The Morgan fingerprint density at radius 3 is 1.24 bits per heavy atom. The number of thioether (sulfide) groups is 1. The summed E-state index contributed by atoms with van der Waals surface area (Å²) < 4.78 is 0. The van der Waals surface area contributed by atoms with E-state index >= 15 is 0 Å². The molecule has 0 saturated carbocycles. The predicted octanol–water partition coefficient (Wildman–Crippen LogP) is 7.59. The summed E-state index contributed by atoms with van der Waals surface area (Å²) in [4.78, 5) is 0. The minimum absolute atomic E-state index is 0. The van der Waals surface area contributed by atoms with Gasteiger partial charge in [-0.1, -0.05) is 96.8 Å². The summed E-state index contributed by atoms with van der Waals surface area (Å²) in [6, 6.07) is 0. The zero-order valence-electron chi connectivity index (χ0n) is 14.8. The summed E-state index contributed by atoms with van der Waals surface area (Å²) >= 11 is 1.98. The van der Waals surface area contributed by atoms with Gasteiger partial charge in [0.05, 0.1) is 0 Å². The van der Waals surface area contributed by atoms with Crippen LogP contribution in [0.2, 0.25) is 0 Å². The van der Waals surface area contributed by atoms with E-state index in [1.165, 1.54) is 102 Å². The molecule has 0 aromatic rings. The molecular formula is C19H42NS. The number of hydrogen-bond acceptors (Lipinski definition) is 2. The fourth-order valence-electron chi connectivity index (χ4n) is 2.68. The van der Waals surface area contributed by atoms with Crippen LogP contribution in [0.1, 0.15) is 103 Å². The lowest BCUT2D eigenvalue weighted by Crippen LogP contribution is -1.84. The molecule has 0 aromatic heterocycles. The molecule has 1 radical (unpaired) electrons. The summed E-state index contributed by atoms with van der Waals surface area (Å²) in [5, 5.41) is 0. The second-order valence-electron chi connectivity index (χ2n) is 6.06. The van der Waals surface area contributed by atoms with Crippen molar-refractivity contribution in [1.82, 2.24) is 6.15 Å². The van der Waals surface area contributed by atoms with Gasteiger partial charge >= 0.3 is 0 Å². The van der Waals surface area contributed by atoms with Crippen molar-refractivity contribution in [3.05, 3.63) is 6.92 Å². The molecule has 3 N–H and O–H groups in total. The minimum Gasteiger partial charge on any atom is -0.344 e. The average Bonchev–Trinajstić information content (AvgIpc) is 2.47. The van der Waals surface area contributed by atoms with Crippen LogP contribution in [0.5, 0.6) is 0 Å². The van der Waals surface area contributed by atoms with Crippen molar-refractivity contribution >= 4 is 11.8 Å². The maximum atomic E-state index is 3.86. The molecule has 0 saturated heterocycles. The zero-order valence-corrected chi connectivity index (χ0v) is 15.7. The average molecular weight is 317 g/mol. The Hall–Kier alpha value is 0.310. The van der Waals surface area contributed by atoms with Gasteiger partial charge < -0.3 is 6.15 Å². The third kappa shape index (κ3) is 22.7. The third-order valence-corrected chi connectivity index (χ3v) is 4.90. The molecule has 0 aliphatic carbocycles. The monoisotopic (exact) mass is 316 g/mol. The van der Waals surface area contributed by atoms with E-state index in [4.69, 9.17) is 0 Å². The van der Waals surface area contributed by atoms with E-state index in [0.29, 0.717) is 0 Å². The van der Waals surface area contributed by atoms with Crippen LogP contribution in [0.4, 0.5) is 0 Å². The fraction of sp³-hybridized carbons (Fsp3) is 0.947. The molecule has 0 aromatic carbocycles. The van der Waals surface area contributed by atoms with E-state index in [1.54, 1.807) is 0 Å². The van der Waals surface area contributed by atoms with Crippen molar-refractivity contribution < 1.29 is 0 Å². The van der Waals surface area contributed by atoms with Gasteiger partial charge in [0.1, 0.15) is 0 Å². The summed E-state index contributed by atoms with van der Waals surface area (Å²) in [5.41, 5.74) is 0. The van der Waals surface area contributed by atoms with Gasteiger partial charge in [0.2, 0.25) is 0 Å². The summed E-state index contributed by atoms with van der Waals surface area (Å²) in [7, 11) is 0. The van der Waals surface area contributed by atoms with Crippen LogP contribution >= 0.6 is 11.8 Å². The Bertz CT molecular complexity index is 144. The first-order valence-corrected chi connectivity index (χ1v) is 10.4. The normalized spacial score (nSPS) is 10.6. The van der Waals surface area contributed by atoms with Gasteiger partial charge in [0, 0.05) is 0 Å².